The maximum atomic E-state index is 13.3. The number of carbonyl (C=O) groups excluding carboxylic acids is 5. The average molecular weight is 624 g/mol. The molecular weight excluding hydrogens is 590 g/mol. The molecule has 1 saturated heterocycles. The molecule has 4 aromatic rings. The molecule has 2 aromatic heterocycles. The first kappa shape index (κ1) is 30.1. The van der Waals surface area contributed by atoms with Gasteiger partial charge in [0.15, 0.2) is 0 Å². The maximum absolute atomic E-state index is 13.3. The van der Waals surface area contributed by atoms with Gasteiger partial charge in [-0.25, -0.2) is 0 Å². The van der Waals surface area contributed by atoms with Crippen molar-refractivity contribution in [2.75, 3.05) is 11.9 Å². The number of pyridine rings is 1. The molecule has 0 aliphatic carbocycles. The number of unbranched alkanes of at least 4 members (excludes halogenated alkanes) is 3. The molecule has 230 valence electrons. The van der Waals surface area contributed by atoms with Crippen LogP contribution in [0.5, 0.6) is 0 Å². The van der Waals surface area contributed by atoms with Gasteiger partial charge in [-0.3, -0.25) is 39.2 Å². The third-order valence-electron chi connectivity index (χ3n) is 8.17. The molecule has 10 nitrogen and oxygen atoms in total. The molecule has 2 aromatic carbocycles. The number of benzene rings is 2. The van der Waals surface area contributed by atoms with Crippen LogP contribution in [0.1, 0.15) is 82.1 Å². The summed E-state index contributed by atoms with van der Waals surface area (Å²) in [6.45, 7) is 0.581. The Bertz CT molecular complexity index is 1740. The van der Waals surface area contributed by atoms with E-state index in [0.29, 0.717) is 18.7 Å². The van der Waals surface area contributed by atoms with E-state index in [1.54, 1.807) is 41.9 Å². The van der Waals surface area contributed by atoms with E-state index in [1.807, 2.05) is 24.3 Å². The predicted molar refractivity (Wildman–Crippen MR) is 171 cm³/mol. The Morgan fingerprint density at radius 2 is 1.82 bits per heavy atom. The topological polar surface area (TPSA) is 138 Å². The molecule has 45 heavy (non-hydrogen) atoms. The van der Waals surface area contributed by atoms with Gasteiger partial charge in [0.2, 0.25) is 17.7 Å². The number of carbonyl (C=O) groups is 5. The number of thiophene rings is 1. The van der Waals surface area contributed by atoms with Gasteiger partial charge in [-0.05, 0) is 60.5 Å². The fraction of sp³-hybridized carbons (Fsp3) is 0.294. The number of anilines is 1. The van der Waals surface area contributed by atoms with Gasteiger partial charge in [0.1, 0.15) is 6.04 Å². The van der Waals surface area contributed by atoms with E-state index < -0.39 is 29.7 Å². The van der Waals surface area contributed by atoms with Crippen LogP contribution >= 0.6 is 11.3 Å². The number of nitrogens with one attached hydrogen (secondary N) is 3. The maximum Gasteiger partial charge on any atom is 0.264 e. The summed E-state index contributed by atoms with van der Waals surface area (Å²) in [5.41, 5.74) is 1.99. The van der Waals surface area contributed by atoms with Crippen molar-refractivity contribution in [3.63, 3.8) is 0 Å². The highest BCUT2D eigenvalue weighted by atomic mass is 32.1. The number of piperidine rings is 1. The van der Waals surface area contributed by atoms with E-state index in [1.165, 1.54) is 4.70 Å². The lowest BCUT2D eigenvalue weighted by Gasteiger charge is -2.27. The number of imide groups is 2. The molecule has 1 fully saturated rings. The van der Waals surface area contributed by atoms with Crippen molar-refractivity contribution in [2.24, 2.45) is 0 Å². The largest absolute Gasteiger partial charge is 0.384 e. The monoisotopic (exact) mass is 623 g/mol. The van der Waals surface area contributed by atoms with Crippen LogP contribution in [0, 0.1) is 0 Å². The van der Waals surface area contributed by atoms with Gasteiger partial charge in [-0.1, -0.05) is 43.2 Å². The number of amides is 5. The summed E-state index contributed by atoms with van der Waals surface area (Å²) in [5, 5.41) is 9.85. The van der Waals surface area contributed by atoms with E-state index in [4.69, 9.17) is 0 Å². The zero-order valence-corrected chi connectivity index (χ0v) is 25.4. The van der Waals surface area contributed by atoms with Gasteiger partial charge >= 0.3 is 0 Å². The molecule has 2 aliphatic rings. The number of aromatic nitrogens is 1. The Kier molecular flexibility index (Phi) is 8.97. The smallest absolute Gasteiger partial charge is 0.264 e. The zero-order valence-electron chi connectivity index (χ0n) is 24.6. The minimum Gasteiger partial charge on any atom is -0.384 e. The second-order valence-electron chi connectivity index (χ2n) is 11.2. The van der Waals surface area contributed by atoms with Crippen molar-refractivity contribution in [3.8, 4) is 0 Å². The lowest BCUT2D eigenvalue weighted by atomic mass is 10.0. The Morgan fingerprint density at radius 3 is 2.62 bits per heavy atom. The van der Waals surface area contributed by atoms with Crippen LogP contribution in [-0.4, -0.2) is 52.0 Å². The summed E-state index contributed by atoms with van der Waals surface area (Å²) in [4.78, 5) is 69.5. The van der Waals surface area contributed by atoms with E-state index in [9.17, 15) is 24.0 Å². The number of nitrogens with zero attached hydrogens (tertiary/aromatic N) is 2. The van der Waals surface area contributed by atoms with Crippen molar-refractivity contribution >= 4 is 56.6 Å². The first-order valence-electron chi connectivity index (χ1n) is 15.2. The summed E-state index contributed by atoms with van der Waals surface area (Å²) >= 11 is 1.67. The van der Waals surface area contributed by atoms with Crippen LogP contribution in [0.4, 0.5) is 5.69 Å². The first-order valence-corrected chi connectivity index (χ1v) is 16.0. The number of hydrogen-bond acceptors (Lipinski definition) is 8. The third-order valence-corrected chi connectivity index (χ3v) is 9.35. The second kappa shape index (κ2) is 13.4. The molecule has 4 heterocycles. The molecule has 2 aliphatic heterocycles. The molecule has 5 amide bonds. The molecule has 0 radical (unpaired) electrons. The molecular formula is C34H33N5O5S. The predicted octanol–water partition coefficient (Wildman–Crippen LogP) is 4.97. The summed E-state index contributed by atoms with van der Waals surface area (Å²) in [6.07, 6.45) is 7.42. The molecule has 0 saturated carbocycles. The fourth-order valence-corrected chi connectivity index (χ4v) is 7.04. The summed E-state index contributed by atoms with van der Waals surface area (Å²) < 4.78 is 1.17. The Balaban J connectivity index is 0.978. The summed E-state index contributed by atoms with van der Waals surface area (Å²) in [6, 6.07) is 17.9. The lowest BCUT2D eigenvalue weighted by Crippen LogP contribution is -2.54. The van der Waals surface area contributed by atoms with Gasteiger partial charge in [-0.15, -0.1) is 11.3 Å². The quantitative estimate of drug-likeness (QED) is 0.150. The van der Waals surface area contributed by atoms with Crippen molar-refractivity contribution < 1.29 is 24.0 Å². The molecule has 0 bridgehead atoms. The minimum atomic E-state index is -0.996. The molecule has 2 atom stereocenters. The molecule has 6 rings (SSSR count). The highest BCUT2D eigenvalue weighted by Crippen LogP contribution is 2.34. The van der Waals surface area contributed by atoms with E-state index in [2.05, 4.69) is 39.1 Å². The summed E-state index contributed by atoms with van der Waals surface area (Å²) in [5.74, 6) is -2.10. The van der Waals surface area contributed by atoms with Crippen molar-refractivity contribution in [3.05, 3.63) is 94.6 Å². The highest BCUT2D eigenvalue weighted by Gasteiger charge is 2.45. The molecule has 0 spiro atoms. The lowest BCUT2D eigenvalue weighted by molar-refractivity contribution is -0.136. The van der Waals surface area contributed by atoms with Crippen LogP contribution in [0.2, 0.25) is 0 Å². The molecule has 11 heteroatoms. The van der Waals surface area contributed by atoms with E-state index in [-0.39, 0.29) is 35.9 Å². The van der Waals surface area contributed by atoms with Gasteiger partial charge in [0.05, 0.1) is 17.2 Å². The van der Waals surface area contributed by atoms with Crippen molar-refractivity contribution in [1.82, 2.24) is 20.5 Å². The highest BCUT2D eigenvalue weighted by molar-refractivity contribution is 7.19. The Morgan fingerprint density at radius 1 is 0.978 bits per heavy atom. The van der Waals surface area contributed by atoms with Gasteiger partial charge in [0, 0.05) is 47.0 Å². The van der Waals surface area contributed by atoms with Crippen LogP contribution in [0.25, 0.3) is 10.1 Å². The fourth-order valence-electron chi connectivity index (χ4n) is 5.89. The molecule has 2 unspecified atom stereocenters. The third kappa shape index (κ3) is 6.48. The van der Waals surface area contributed by atoms with Gasteiger partial charge in [0.25, 0.3) is 11.8 Å². The van der Waals surface area contributed by atoms with Crippen molar-refractivity contribution in [1.29, 1.82) is 0 Å². The zero-order chi connectivity index (χ0) is 31.3. The van der Waals surface area contributed by atoms with E-state index >= 15 is 0 Å². The van der Waals surface area contributed by atoms with E-state index in [0.717, 1.165) is 46.4 Å². The SMILES string of the molecule is O=C1CCC(N2C(=O)c3cccc(NCCCCCCC(=O)NC(c4cccnc4)c4cc5ccccc5s4)c3C2=O)C(=O)N1. The average Bonchev–Trinajstić information content (AvgIpc) is 3.58. The summed E-state index contributed by atoms with van der Waals surface area (Å²) in [7, 11) is 0. The van der Waals surface area contributed by atoms with Crippen molar-refractivity contribution in [2.45, 2.75) is 57.0 Å². The van der Waals surface area contributed by atoms with Crippen LogP contribution in [0.3, 0.4) is 0 Å². The number of fused-ring (bicyclic) bond motifs is 2. The Hall–Kier alpha value is -4.90. The number of hydrogen-bond donors (Lipinski definition) is 3. The van der Waals surface area contributed by atoms with Gasteiger partial charge in [-0.2, -0.15) is 0 Å². The molecule has 3 N–H and O–H groups in total. The van der Waals surface area contributed by atoms with Crippen LogP contribution in [0.15, 0.2) is 73.1 Å². The minimum absolute atomic E-state index is 0.0111. The van der Waals surface area contributed by atoms with Crippen LogP contribution < -0.4 is 16.0 Å². The number of rotatable bonds is 12. The Labute approximate surface area is 264 Å². The van der Waals surface area contributed by atoms with Crippen LogP contribution in [-0.2, 0) is 14.4 Å². The first-order chi connectivity index (χ1) is 21.9. The second-order valence-corrected chi connectivity index (χ2v) is 12.4. The normalized spacial score (nSPS) is 16.9. The van der Waals surface area contributed by atoms with Gasteiger partial charge < -0.3 is 10.6 Å². The standard InChI is InChI=1S/C34H33N5O5S/c40-28(37-31(22-10-8-17-35-20-22)27-19-21-9-4-5-13-26(21)45-27)14-3-1-2-6-18-36-24-12-7-11-23-30(24)34(44)39(33(23)43)25-15-16-29(41)38-32(25)42/h4-5,7-13,17,19-20,25,31,36H,1-3,6,14-16,18H2,(H,37,40)(H,38,41,42).